The van der Waals surface area contributed by atoms with Gasteiger partial charge in [0, 0.05) is 32.0 Å². The Labute approximate surface area is 127 Å². The minimum absolute atomic E-state index is 0.0166. The molecule has 6 nitrogen and oxygen atoms in total. The van der Waals surface area contributed by atoms with Crippen LogP contribution < -0.4 is 0 Å². The first-order chi connectivity index (χ1) is 10.0. The van der Waals surface area contributed by atoms with Crippen molar-refractivity contribution in [3.05, 3.63) is 18.2 Å². The predicted molar refractivity (Wildman–Crippen MR) is 83.4 cm³/mol. The summed E-state index contributed by atoms with van der Waals surface area (Å²) in [5.74, 6) is 0.848. The van der Waals surface area contributed by atoms with Crippen LogP contribution in [0.1, 0.15) is 45.5 Å². The number of sulfonamides is 1. The van der Waals surface area contributed by atoms with Crippen molar-refractivity contribution in [1.29, 1.82) is 0 Å². The molecule has 0 amide bonds. The van der Waals surface area contributed by atoms with E-state index in [4.69, 9.17) is 0 Å². The van der Waals surface area contributed by atoms with Crippen molar-refractivity contribution in [1.82, 2.24) is 19.2 Å². The third-order valence-electron chi connectivity index (χ3n) is 4.39. The largest absolute Gasteiger partial charge is 0.347 e. The molecule has 1 fully saturated rings. The normalized spacial score (nSPS) is 22.0. The molecule has 0 saturated carbocycles. The number of imidazole rings is 1. The number of hydrogen-bond donors (Lipinski definition) is 1. The molecule has 1 aliphatic heterocycles. The zero-order chi connectivity index (χ0) is 15.5. The van der Waals surface area contributed by atoms with Gasteiger partial charge in [-0.1, -0.05) is 20.8 Å². The van der Waals surface area contributed by atoms with E-state index in [1.54, 1.807) is 16.7 Å². The Bertz CT molecular complexity index is 525. The van der Waals surface area contributed by atoms with E-state index in [2.05, 4.69) is 21.8 Å². The second-order valence-electron chi connectivity index (χ2n) is 5.46. The molecule has 21 heavy (non-hydrogen) atoms. The van der Waals surface area contributed by atoms with E-state index >= 15 is 0 Å². The highest BCUT2D eigenvalue weighted by Gasteiger charge is 2.37. The van der Waals surface area contributed by atoms with Crippen LogP contribution in [0.5, 0.6) is 0 Å². The lowest BCUT2D eigenvalue weighted by molar-refractivity contribution is 0.118. The van der Waals surface area contributed by atoms with Crippen molar-refractivity contribution >= 4 is 10.0 Å². The van der Waals surface area contributed by atoms with Gasteiger partial charge < -0.3 is 4.98 Å². The molecule has 1 saturated heterocycles. The molecule has 1 aliphatic rings. The second-order valence-corrected chi connectivity index (χ2v) is 7.67. The van der Waals surface area contributed by atoms with Gasteiger partial charge in [-0.25, -0.2) is 13.4 Å². The highest BCUT2D eigenvalue weighted by atomic mass is 32.2. The molecule has 1 unspecified atom stereocenters. The molecule has 120 valence electrons. The average molecular weight is 314 g/mol. The van der Waals surface area contributed by atoms with Crippen molar-refractivity contribution < 1.29 is 8.42 Å². The van der Waals surface area contributed by atoms with E-state index in [1.165, 1.54) is 0 Å². The maximum Gasteiger partial charge on any atom is 0.217 e. The maximum absolute atomic E-state index is 12.7. The summed E-state index contributed by atoms with van der Waals surface area (Å²) >= 11 is 0. The van der Waals surface area contributed by atoms with Crippen LogP contribution in [0.3, 0.4) is 0 Å². The first-order valence-electron chi connectivity index (χ1n) is 7.76. The van der Waals surface area contributed by atoms with Gasteiger partial charge in [-0.05, 0) is 19.4 Å². The summed E-state index contributed by atoms with van der Waals surface area (Å²) in [5.41, 5.74) is 0. The van der Waals surface area contributed by atoms with Gasteiger partial charge in [0.25, 0.3) is 0 Å². The number of piperazine rings is 1. The van der Waals surface area contributed by atoms with E-state index in [-0.39, 0.29) is 11.3 Å². The molecule has 1 N–H and O–H groups in total. The van der Waals surface area contributed by atoms with E-state index in [9.17, 15) is 8.42 Å². The number of nitrogens with zero attached hydrogens (tertiary/aromatic N) is 3. The van der Waals surface area contributed by atoms with E-state index in [1.807, 2.05) is 13.8 Å². The average Bonchev–Trinajstić information content (AvgIpc) is 3.01. The highest BCUT2D eigenvalue weighted by Crippen LogP contribution is 2.26. The fourth-order valence-corrected chi connectivity index (χ4v) is 4.99. The van der Waals surface area contributed by atoms with Crippen LogP contribution in [-0.4, -0.2) is 59.0 Å². The highest BCUT2D eigenvalue weighted by molar-refractivity contribution is 7.89. The molecule has 1 aromatic rings. The molecule has 2 rings (SSSR count). The van der Waals surface area contributed by atoms with Crippen molar-refractivity contribution in [3.63, 3.8) is 0 Å². The van der Waals surface area contributed by atoms with Crippen molar-refractivity contribution in [2.24, 2.45) is 0 Å². The predicted octanol–water partition coefficient (Wildman–Crippen LogP) is 1.61. The van der Waals surface area contributed by atoms with Crippen LogP contribution in [0.4, 0.5) is 0 Å². The molecule has 0 radical (unpaired) electrons. The van der Waals surface area contributed by atoms with Crippen LogP contribution >= 0.6 is 0 Å². The SMILES string of the molecule is CCC(CC)S(=O)(=O)N1CCN(CC)C(c2ncc[nH]2)C1. The summed E-state index contributed by atoms with van der Waals surface area (Å²) in [6.45, 7) is 8.69. The molecule has 0 aromatic carbocycles. The van der Waals surface area contributed by atoms with Gasteiger partial charge in [-0.2, -0.15) is 4.31 Å². The van der Waals surface area contributed by atoms with Crippen LogP contribution in [-0.2, 0) is 10.0 Å². The minimum atomic E-state index is -3.21. The molecule has 0 spiro atoms. The number of H-pyrrole nitrogens is 1. The van der Waals surface area contributed by atoms with Gasteiger partial charge in [0.1, 0.15) is 5.82 Å². The summed E-state index contributed by atoms with van der Waals surface area (Å²) in [4.78, 5) is 9.72. The molecule has 0 bridgehead atoms. The Balaban J connectivity index is 2.21. The number of aromatic amines is 1. The van der Waals surface area contributed by atoms with Gasteiger partial charge >= 0.3 is 0 Å². The van der Waals surface area contributed by atoms with Crippen LogP contribution in [0.2, 0.25) is 0 Å². The van der Waals surface area contributed by atoms with Crippen LogP contribution in [0.15, 0.2) is 12.4 Å². The van der Waals surface area contributed by atoms with Gasteiger partial charge in [0.15, 0.2) is 0 Å². The molecule has 1 atom stereocenters. The summed E-state index contributed by atoms with van der Waals surface area (Å²) in [6, 6.07) is 0.0166. The molecule has 1 aromatic heterocycles. The fraction of sp³-hybridized carbons (Fsp3) is 0.786. The smallest absolute Gasteiger partial charge is 0.217 e. The first-order valence-corrected chi connectivity index (χ1v) is 9.27. The Kier molecular flexibility index (Phi) is 5.40. The van der Waals surface area contributed by atoms with Crippen molar-refractivity contribution in [2.75, 3.05) is 26.2 Å². The van der Waals surface area contributed by atoms with E-state index in [0.29, 0.717) is 25.9 Å². The summed E-state index contributed by atoms with van der Waals surface area (Å²) in [7, 11) is -3.21. The Morgan fingerprint density at radius 2 is 2.05 bits per heavy atom. The topological polar surface area (TPSA) is 69.3 Å². The number of rotatable bonds is 6. The van der Waals surface area contributed by atoms with Crippen LogP contribution in [0.25, 0.3) is 0 Å². The standard InChI is InChI=1S/C14H26N4O2S/c1-4-12(5-2)21(19,20)18-10-9-17(6-3)13(11-18)14-15-7-8-16-14/h7-8,12-13H,4-6,9-11H2,1-3H3,(H,15,16). The Hall–Kier alpha value is -0.920. The Morgan fingerprint density at radius 1 is 1.33 bits per heavy atom. The third-order valence-corrected chi connectivity index (χ3v) is 6.95. The second kappa shape index (κ2) is 6.89. The van der Waals surface area contributed by atoms with Crippen molar-refractivity contribution in [3.8, 4) is 0 Å². The van der Waals surface area contributed by atoms with Gasteiger partial charge in [0.05, 0.1) is 11.3 Å². The quantitative estimate of drug-likeness (QED) is 0.866. The fourth-order valence-electron chi connectivity index (χ4n) is 3.04. The lowest BCUT2D eigenvalue weighted by Gasteiger charge is -2.40. The van der Waals surface area contributed by atoms with Crippen molar-refractivity contribution in [2.45, 2.75) is 44.9 Å². The third kappa shape index (κ3) is 3.30. The summed E-state index contributed by atoms with van der Waals surface area (Å²) in [5, 5.41) is -0.275. The number of likely N-dealkylation sites (N-methyl/N-ethyl adjacent to an activating group) is 1. The summed E-state index contributed by atoms with van der Waals surface area (Å²) < 4.78 is 27.1. The lowest BCUT2D eigenvalue weighted by Crippen LogP contribution is -2.52. The molecule has 0 aliphatic carbocycles. The molecular weight excluding hydrogens is 288 g/mol. The summed E-state index contributed by atoms with van der Waals surface area (Å²) in [6.07, 6.45) is 4.84. The zero-order valence-corrected chi connectivity index (χ0v) is 13.9. The van der Waals surface area contributed by atoms with Crippen LogP contribution in [0, 0.1) is 0 Å². The van der Waals surface area contributed by atoms with Gasteiger partial charge in [-0.15, -0.1) is 0 Å². The number of aromatic nitrogens is 2. The van der Waals surface area contributed by atoms with E-state index < -0.39 is 10.0 Å². The van der Waals surface area contributed by atoms with Gasteiger partial charge in [0.2, 0.25) is 10.0 Å². The molecule has 7 heteroatoms. The number of hydrogen-bond acceptors (Lipinski definition) is 4. The van der Waals surface area contributed by atoms with E-state index in [0.717, 1.165) is 18.9 Å². The van der Waals surface area contributed by atoms with Gasteiger partial charge in [-0.3, -0.25) is 4.90 Å². The molecular formula is C14H26N4O2S. The zero-order valence-electron chi connectivity index (χ0n) is 13.1. The lowest BCUT2D eigenvalue weighted by atomic mass is 10.2. The monoisotopic (exact) mass is 314 g/mol. The minimum Gasteiger partial charge on any atom is -0.347 e. The Morgan fingerprint density at radius 3 is 2.57 bits per heavy atom. The first kappa shape index (κ1) is 16.5. The molecule has 2 heterocycles. The maximum atomic E-state index is 12.7. The number of nitrogens with one attached hydrogen (secondary N) is 1.